The first-order valence-electron chi connectivity index (χ1n) is 12.6. The minimum atomic E-state index is 0.456. The van der Waals surface area contributed by atoms with Crippen LogP contribution in [0.2, 0.25) is 0 Å². The molecule has 160 valence electrons. The molecule has 0 aromatic heterocycles. The van der Waals surface area contributed by atoms with Gasteiger partial charge in [-0.25, -0.2) is 0 Å². The largest absolute Gasteiger partial charge is 0.513 e. The van der Waals surface area contributed by atoms with Crippen LogP contribution in [0.15, 0.2) is 11.8 Å². The van der Waals surface area contributed by atoms with Crippen molar-refractivity contribution in [2.75, 3.05) is 0 Å². The first-order valence-corrected chi connectivity index (χ1v) is 12.6. The van der Waals surface area contributed by atoms with E-state index in [4.69, 9.17) is 0 Å². The highest BCUT2D eigenvalue weighted by Crippen LogP contribution is 2.68. The monoisotopic (exact) mass is 386 g/mol. The van der Waals surface area contributed by atoms with Crippen LogP contribution >= 0.6 is 0 Å². The zero-order valence-electron chi connectivity index (χ0n) is 19.3. The Hall–Kier alpha value is -0.460. The predicted molar refractivity (Wildman–Crippen MR) is 119 cm³/mol. The van der Waals surface area contributed by atoms with E-state index in [2.05, 4.69) is 40.7 Å². The molecule has 0 saturated heterocycles. The molecule has 0 aromatic carbocycles. The normalized spacial score (nSPS) is 46.5. The van der Waals surface area contributed by atoms with Gasteiger partial charge in [0.15, 0.2) is 0 Å². The van der Waals surface area contributed by atoms with Gasteiger partial charge in [-0.1, -0.05) is 53.9 Å². The molecule has 1 N–H and O–H groups in total. The highest BCUT2D eigenvalue weighted by molar-refractivity contribution is 5.14. The van der Waals surface area contributed by atoms with E-state index >= 15 is 0 Å². The number of aliphatic hydroxyl groups is 1. The Morgan fingerprint density at radius 2 is 1.71 bits per heavy atom. The average molecular weight is 387 g/mol. The Morgan fingerprint density at radius 3 is 2.46 bits per heavy atom. The molecule has 0 bridgehead atoms. The maximum Gasteiger partial charge on any atom is 0.0886 e. The van der Waals surface area contributed by atoms with Crippen LogP contribution in [0.3, 0.4) is 0 Å². The molecule has 4 aliphatic rings. The molecule has 0 spiro atoms. The van der Waals surface area contributed by atoms with E-state index in [9.17, 15) is 5.11 Å². The molecule has 0 radical (unpaired) electrons. The second kappa shape index (κ2) is 7.66. The zero-order valence-corrected chi connectivity index (χ0v) is 19.3. The zero-order chi connectivity index (χ0) is 20.1. The summed E-state index contributed by atoms with van der Waals surface area (Å²) < 4.78 is 0. The predicted octanol–water partition coefficient (Wildman–Crippen LogP) is 8.16. The number of aliphatic hydroxyl groups excluding tert-OH is 1. The average Bonchev–Trinajstić information content (AvgIpc) is 2.99. The molecule has 3 saturated carbocycles. The molecule has 4 rings (SSSR count). The Kier molecular flexibility index (Phi) is 5.69. The fourth-order valence-corrected chi connectivity index (χ4v) is 8.89. The van der Waals surface area contributed by atoms with E-state index in [-0.39, 0.29) is 0 Å². The summed E-state index contributed by atoms with van der Waals surface area (Å²) in [5.41, 5.74) is 1.06. The third kappa shape index (κ3) is 3.37. The maximum absolute atomic E-state index is 10.1. The summed E-state index contributed by atoms with van der Waals surface area (Å²) in [4.78, 5) is 0. The van der Waals surface area contributed by atoms with E-state index in [1.54, 1.807) is 0 Å². The van der Waals surface area contributed by atoms with Crippen LogP contribution in [0.25, 0.3) is 0 Å². The van der Waals surface area contributed by atoms with E-state index < -0.39 is 0 Å². The fraction of sp³-hybridized carbons (Fsp3) is 0.926. The van der Waals surface area contributed by atoms with Gasteiger partial charge in [-0.15, -0.1) is 0 Å². The van der Waals surface area contributed by atoms with Crippen LogP contribution < -0.4 is 0 Å². The van der Waals surface area contributed by atoms with Crippen molar-refractivity contribution in [3.05, 3.63) is 11.8 Å². The van der Waals surface area contributed by atoms with E-state index in [0.717, 1.165) is 54.3 Å². The summed E-state index contributed by atoms with van der Waals surface area (Å²) in [5.74, 6) is 6.98. The van der Waals surface area contributed by atoms with Crippen molar-refractivity contribution in [2.45, 2.75) is 105 Å². The lowest BCUT2D eigenvalue weighted by Crippen LogP contribution is -2.52. The summed E-state index contributed by atoms with van der Waals surface area (Å²) in [6, 6.07) is 0. The lowest BCUT2D eigenvalue weighted by atomic mass is 9.45. The topological polar surface area (TPSA) is 20.2 Å². The number of hydrogen-bond acceptors (Lipinski definition) is 1. The molecule has 0 amide bonds. The lowest BCUT2D eigenvalue weighted by Gasteiger charge is -2.60. The van der Waals surface area contributed by atoms with Crippen LogP contribution in [0, 0.1) is 52.3 Å². The SMILES string of the molecule is CC(C)CCC[C@@H](C)C1CC[C@H]2[C@@H]3CC[C@H]4CC(O)=CC[C@]4(C)[C@H]3CC[C@]12C. The van der Waals surface area contributed by atoms with E-state index in [1.165, 1.54) is 57.8 Å². The molecule has 1 unspecified atom stereocenters. The van der Waals surface area contributed by atoms with Crippen molar-refractivity contribution >= 4 is 0 Å². The van der Waals surface area contributed by atoms with Gasteiger partial charge in [0, 0.05) is 6.42 Å². The third-order valence-corrected chi connectivity index (χ3v) is 10.5. The lowest BCUT2D eigenvalue weighted by molar-refractivity contribution is -0.104. The molecule has 0 aliphatic heterocycles. The maximum atomic E-state index is 10.1. The second-order valence-corrected chi connectivity index (χ2v) is 12.3. The van der Waals surface area contributed by atoms with Gasteiger partial charge in [0.05, 0.1) is 5.76 Å². The highest BCUT2D eigenvalue weighted by Gasteiger charge is 2.60. The molecular weight excluding hydrogens is 340 g/mol. The van der Waals surface area contributed by atoms with E-state index in [0.29, 0.717) is 16.6 Å². The first kappa shape index (κ1) is 20.8. The van der Waals surface area contributed by atoms with Crippen molar-refractivity contribution in [3.63, 3.8) is 0 Å². The minimum absolute atomic E-state index is 0.456. The van der Waals surface area contributed by atoms with Gasteiger partial charge in [-0.3, -0.25) is 0 Å². The van der Waals surface area contributed by atoms with Crippen molar-refractivity contribution in [1.29, 1.82) is 0 Å². The van der Waals surface area contributed by atoms with Crippen LogP contribution in [-0.4, -0.2) is 5.11 Å². The Morgan fingerprint density at radius 1 is 0.964 bits per heavy atom. The van der Waals surface area contributed by atoms with E-state index in [1.807, 2.05) is 0 Å². The quantitative estimate of drug-likeness (QED) is 0.505. The second-order valence-electron chi connectivity index (χ2n) is 12.3. The molecule has 0 aromatic rings. The standard InChI is InChI=1S/C27H46O/c1-18(2)7-6-8-19(3)23-11-12-24-22-10-9-20-17-21(28)13-15-26(20,4)25(22)14-16-27(23,24)5/h13,18-20,22-25,28H,6-12,14-17H2,1-5H3/t19-,20+,22+,23?,24+,25+,26+,27-/m1/s1. The molecule has 4 aliphatic carbocycles. The van der Waals surface area contributed by atoms with Crippen molar-refractivity contribution < 1.29 is 5.11 Å². The summed E-state index contributed by atoms with van der Waals surface area (Å²) in [6.45, 7) is 12.6. The number of hydrogen-bond donors (Lipinski definition) is 1. The van der Waals surface area contributed by atoms with Gasteiger partial charge in [0.1, 0.15) is 0 Å². The van der Waals surface area contributed by atoms with Crippen LogP contribution in [0.1, 0.15) is 105 Å². The van der Waals surface area contributed by atoms with Crippen molar-refractivity contribution in [2.24, 2.45) is 52.3 Å². The summed E-state index contributed by atoms with van der Waals surface area (Å²) >= 11 is 0. The van der Waals surface area contributed by atoms with Crippen LogP contribution in [0.5, 0.6) is 0 Å². The van der Waals surface area contributed by atoms with Gasteiger partial charge in [0.25, 0.3) is 0 Å². The molecule has 3 fully saturated rings. The smallest absolute Gasteiger partial charge is 0.0886 e. The van der Waals surface area contributed by atoms with Gasteiger partial charge in [-0.05, 0) is 103 Å². The Bertz CT molecular complexity index is 591. The molecule has 28 heavy (non-hydrogen) atoms. The van der Waals surface area contributed by atoms with Crippen LogP contribution in [0.4, 0.5) is 0 Å². The molecule has 0 heterocycles. The number of rotatable bonds is 5. The molecule has 1 heteroatoms. The first-order chi connectivity index (χ1) is 13.3. The summed E-state index contributed by atoms with van der Waals surface area (Å²) in [5, 5.41) is 10.1. The molecule has 1 nitrogen and oxygen atoms in total. The van der Waals surface area contributed by atoms with Gasteiger partial charge < -0.3 is 5.11 Å². The van der Waals surface area contributed by atoms with Gasteiger partial charge >= 0.3 is 0 Å². The minimum Gasteiger partial charge on any atom is -0.513 e. The molecular formula is C27H46O. The number of fused-ring (bicyclic) bond motifs is 5. The summed E-state index contributed by atoms with van der Waals surface area (Å²) in [7, 11) is 0. The van der Waals surface area contributed by atoms with Gasteiger partial charge in [-0.2, -0.15) is 0 Å². The van der Waals surface area contributed by atoms with Crippen molar-refractivity contribution in [3.8, 4) is 0 Å². The molecule has 8 atom stereocenters. The summed E-state index contributed by atoms with van der Waals surface area (Å²) in [6.07, 6.45) is 17.2. The Balaban J connectivity index is 1.48. The van der Waals surface area contributed by atoms with Crippen molar-refractivity contribution in [1.82, 2.24) is 0 Å². The van der Waals surface area contributed by atoms with Crippen LogP contribution in [-0.2, 0) is 0 Å². The third-order valence-electron chi connectivity index (χ3n) is 10.5. The highest BCUT2D eigenvalue weighted by atomic mass is 16.3. The fourth-order valence-electron chi connectivity index (χ4n) is 8.89. The Labute approximate surface area is 174 Å². The number of allylic oxidation sites excluding steroid dienone is 2. The van der Waals surface area contributed by atoms with Gasteiger partial charge in [0.2, 0.25) is 0 Å².